The molecule has 0 aliphatic rings. The quantitative estimate of drug-likeness (QED) is 0.244. The summed E-state index contributed by atoms with van der Waals surface area (Å²) in [5.74, 6) is -0.550. The second-order valence-corrected chi connectivity index (χ2v) is 6.60. The Morgan fingerprint density at radius 1 is 1.31 bits per heavy atom. The zero-order valence-electron chi connectivity index (χ0n) is 16.5. The number of hydroxylamine groups is 1. The molecule has 6 nitrogen and oxygen atoms in total. The van der Waals surface area contributed by atoms with E-state index in [1.807, 2.05) is 18.3 Å². The Morgan fingerprint density at radius 2 is 2.08 bits per heavy atom. The number of carbonyl (C=O) groups is 1. The van der Waals surface area contributed by atoms with Crippen molar-refractivity contribution >= 4 is 12.0 Å². The number of rotatable bonds is 11. The molecule has 2 unspecified atom stereocenters. The van der Waals surface area contributed by atoms with Gasteiger partial charge in [0.1, 0.15) is 5.49 Å². The van der Waals surface area contributed by atoms with Crippen LogP contribution in [-0.4, -0.2) is 28.3 Å². The lowest BCUT2D eigenvalue weighted by molar-refractivity contribution is -0.124. The minimum atomic E-state index is -0.550. The third kappa shape index (κ3) is 7.97. The zero-order valence-corrected chi connectivity index (χ0v) is 16.5. The van der Waals surface area contributed by atoms with E-state index >= 15 is 0 Å². The highest BCUT2D eigenvalue weighted by Gasteiger charge is 2.06. The molecule has 0 saturated heterocycles. The molecule has 2 atom stereocenters. The van der Waals surface area contributed by atoms with Gasteiger partial charge in [-0.3, -0.25) is 20.3 Å². The van der Waals surface area contributed by atoms with Gasteiger partial charge in [-0.05, 0) is 50.6 Å². The van der Waals surface area contributed by atoms with Crippen LogP contribution in [0.25, 0.3) is 6.08 Å². The van der Waals surface area contributed by atoms with Crippen LogP contribution in [0.4, 0.5) is 0 Å². The molecule has 0 saturated carbocycles. The first-order chi connectivity index (χ1) is 12.5. The standard InChI is InChI=1S/C20H34N4O2/c1-5-7-8-9-10-16(3)22-19-15-18(11-12-20(25)23-26)13-14-24(19)17(4)21-6-2/h11-17,21,26H,5-10H2,1-4H3,(H,23,25)/b12-11+,22-19?. The van der Waals surface area contributed by atoms with Crippen LogP contribution in [0.2, 0.25) is 0 Å². The number of hydrogen-bond acceptors (Lipinski definition) is 4. The number of pyridine rings is 1. The summed E-state index contributed by atoms with van der Waals surface area (Å²) in [6, 6.07) is 4.14. The number of unbranched alkanes of at least 4 members (excludes halogenated alkanes) is 3. The highest BCUT2D eigenvalue weighted by Crippen LogP contribution is 2.08. The highest BCUT2D eigenvalue weighted by atomic mass is 16.5. The smallest absolute Gasteiger partial charge is 0.267 e. The van der Waals surface area contributed by atoms with Crippen molar-refractivity contribution in [3.8, 4) is 0 Å². The minimum Gasteiger partial charge on any atom is -0.318 e. The van der Waals surface area contributed by atoms with Crippen LogP contribution in [0.1, 0.15) is 71.5 Å². The van der Waals surface area contributed by atoms with Crippen molar-refractivity contribution in [2.75, 3.05) is 6.54 Å². The van der Waals surface area contributed by atoms with Crippen molar-refractivity contribution < 1.29 is 10.0 Å². The van der Waals surface area contributed by atoms with E-state index in [-0.39, 0.29) is 12.2 Å². The Bertz CT molecular complexity index is 637. The molecule has 1 rings (SSSR count). The Balaban J connectivity index is 3.06. The molecular weight excluding hydrogens is 328 g/mol. The number of aromatic nitrogens is 1. The summed E-state index contributed by atoms with van der Waals surface area (Å²) in [6.45, 7) is 9.42. The van der Waals surface area contributed by atoms with Crippen LogP contribution in [0.15, 0.2) is 29.4 Å². The molecular formula is C20H34N4O2. The van der Waals surface area contributed by atoms with E-state index in [0.717, 1.165) is 24.0 Å². The average molecular weight is 363 g/mol. The van der Waals surface area contributed by atoms with Gasteiger partial charge in [0.2, 0.25) is 0 Å². The molecule has 0 aromatic carbocycles. The van der Waals surface area contributed by atoms with Gasteiger partial charge < -0.3 is 4.57 Å². The Kier molecular flexibility index (Phi) is 10.6. The molecule has 1 heterocycles. The molecule has 1 aromatic rings. The lowest BCUT2D eigenvalue weighted by atomic mass is 10.1. The predicted molar refractivity (Wildman–Crippen MR) is 106 cm³/mol. The van der Waals surface area contributed by atoms with E-state index in [4.69, 9.17) is 10.2 Å². The SMILES string of the molecule is CCCCCCC(C)N=c1cc(/C=C/C(=O)NO)ccn1C(C)NCC. The van der Waals surface area contributed by atoms with Gasteiger partial charge in [-0.1, -0.05) is 39.5 Å². The fourth-order valence-electron chi connectivity index (χ4n) is 2.81. The molecule has 0 radical (unpaired) electrons. The predicted octanol–water partition coefficient (Wildman–Crippen LogP) is 3.39. The maximum absolute atomic E-state index is 11.2. The average Bonchev–Trinajstić information content (AvgIpc) is 2.63. The summed E-state index contributed by atoms with van der Waals surface area (Å²) < 4.78 is 2.11. The van der Waals surface area contributed by atoms with E-state index in [2.05, 4.69) is 37.6 Å². The van der Waals surface area contributed by atoms with Crippen LogP contribution in [0, 0.1) is 0 Å². The maximum atomic E-state index is 11.2. The van der Waals surface area contributed by atoms with Gasteiger partial charge in [0, 0.05) is 18.3 Å². The molecule has 1 aromatic heterocycles. The van der Waals surface area contributed by atoms with Gasteiger partial charge in [-0.15, -0.1) is 0 Å². The maximum Gasteiger partial charge on any atom is 0.267 e. The Hall–Kier alpha value is -1.92. The van der Waals surface area contributed by atoms with Gasteiger partial charge in [0.05, 0.1) is 6.17 Å². The Morgan fingerprint density at radius 3 is 2.73 bits per heavy atom. The van der Waals surface area contributed by atoms with E-state index in [9.17, 15) is 4.79 Å². The van der Waals surface area contributed by atoms with E-state index in [1.165, 1.54) is 31.8 Å². The van der Waals surface area contributed by atoms with Crippen molar-refractivity contribution in [1.82, 2.24) is 15.4 Å². The van der Waals surface area contributed by atoms with Gasteiger partial charge in [-0.2, -0.15) is 0 Å². The normalized spacial score (nSPS) is 14.6. The number of hydrogen-bond donors (Lipinski definition) is 3. The first-order valence-corrected chi connectivity index (χ1v) is 9.63. The molecule has 0 aliphatic heterocycles. The van der Waals surface area contributed by atoms with Gasteiger partial charge in [0.25, 0.3) is 5.91 Å². The molecule has 3 N–H and O–H groups in total. The summed E-state index contributed by atoms with van der Waals surface area (Å²) in [5.41, 5.74) is 3.35. The molecule has 0 bridgehead atoms. The van der Waals surface area contributed by atoms with Crippen molar-refractivity contribution in [2.45, 2.75) is 72.0 Å². The third-order valence-corrected chi connectivity index (χ3v) is 4.27. The molecule has 0 spiro atoms. The van der Waals surface area contributed by atoms with Gasteiger partial charge >= 0.3 is 0 Å². The molecule has 0 fully saturated rings. The minimum absolute atomic E-state index is 0.129. The first kappa shape index (κ1) is 22.1. The van der Waals surface area contributed by atoms with Gasteiger partial charge in [0.15, 0.2) is 0 Å². The van der Waals surface area contributed by atoms with Crippen molar-refractivity contribution in [1.29, 1.82) is 0 Å². The molecule has 6 heteroatoms. The number of nitrogens with zero attached hydrogens (tertiary/aromatic N) is 2. The summed E-state index contributed by atoms with van der Waals surface area (Å²) >= 11 is 0. The van der Waals surface area contributed by atoms with Crippen LogP contribution < -0.4 is 16.3 Å². The van der Waals surface area contributed by atoms with Crippen LogP contribution >= 0.6 is 0 Å². The summed E-state index contributed by atoms with van der Waals surface area (Å²) in [6.07, 6.45) is 11.1. The van der Waals surface area contributed by atoms with Crippen LogP contribution in [0.3, 0.4) is 0 Å². The number of nitrogens with one attached hydrogen (secondary N) is 2. The van der Waals surface area contributed by atoms with Gasteiger partial charge in [-0.25, -0.2) is 5.48 Å². The van der Waals surface area contributed by atoms with Crippen molar-refractivity contribution in [3.63, 3.8) is 0 Å². The summed E-state index contributed by atoms with van der Waals surface area (Å²) in [5, 5.41) is 12.0. The molecule has 1 amide bonds. The third-order valence-electron chi connectivity index (χ3n) is 4.27. The lowest BCUT2D eigenvalue weighted by Gasteiger charge is -2.18. The van der Waals surface area contributed by atoms with E-state index in [0.29, 0.717) is 0 Å². The molecule has 146 valence electrons. The first-order valence-electron chi connectivity index (χ1n) is 9.63. The summed E-state index contributed by atoms with van der Waals surface area (Å²) in [4.78, 5) is 16.1. The van der Waals surface area contributed by atoms with Crippen LogP contribution in [-0.2, 0) is 4.79 Å². The second kappa shape index (κ2) is 12.4. The lowest BCUT2D eigenvalue weighted by Crippen LogP contribution is -2.33. The fourth-order valence-corrected chi connectivity index (χ4v) is 2.81. The zero-order chi connectivity index (χ0) is 19.4. The molecule has 0 aliphatic carbocycles. The summed E-state index contributed by atoms with van der Waals surface area (Å²) in [7, 11) is 0. The van der Waals surface area contributed by atoms with Crippen LogP contribution in [0.5, 0.6) is 0 Å². The molecule has 26 heavy (non-hydrogen) atoms. The van der Waals surface area contributed by atoms with E-state index < -0.39 is 5.91 Å². The highest BCUT2D eigenvalue weighted by molar-refractivity contribution is 5.90. The fraction of sp³-hybridized carbons (Fsp3) is 0.600. The topological polar surface area (TPSA) is 78.7 Å². The number of amides is 1. The number of carbonyl (C=O) groups excluding carboxylic acids is 1. The van der Waals surface area contributed by atoms with Crippen molar-refractivity contribution in [2.24, 2.45) is 4.99 Å². The van der Waals surface area contributed by atoms with Crippen molar-refractivity contribution in [3.05, 3.63) is 35.5 Å². The Labute approximate surface area is 157 Å². The van der Waals surface area contributed by atoms with E-state index in [1.54, 1.807) is 11.6 Å². The second-order valence-electron chi connectivity index (χ2n) is 6.60. The monoisotopic (exact) mass is 362 g/mol. The largest absolute Gasteiger partial charge is 0.318 e.